The van der Waals surface area contributed by atoms with Gasteiger partial charge in [0.05, 0.1) is 0 Å². The molecule has 0 atom stereocenters. The molecule has 0 aromatic heterocycles. The van der Waals surface area contributed by atoms with Crippen LogP contribution in [0.3, 0.4) is 0 Å². The average molecular weight is 306 g/mol. The van der Waals surface area contributed by atoms with E-state index in [2.05, 4.69) is 76.2 Å². The Morgan fingerprint density at radius 2 is 1.52 bits per heavy atom. The fraction of sp³-hybridized carbons (Fsp3) is 0.391. The second kappa shape index (κ2) is 8.72. The van der Waals surface area contributed by atoms with Crippen molar-refractivity contribution < 1.29 is 0 Å². The summed E-state index contributed by atoms with van der Waals surface area (Å²) in [7, 11) is 0. The molecule has 2 aromatic carbocycles. The van der Waals surface area contributed by atoms with Gasteiger partial charge in [-0.1, -0.05) is 85.9 Å². The Morgan fingerprint density at radius 3 is 2.22 bits per heavy atom. The molecule has 0 amide bonds. The van der Waals surface area contributed by atoms with Gasteiger partial charge in [0.2, 0.25) is 0 Å². The first-order chi connectivity index (χ1) is 11.1. The van der Waals surface area contributed by atoms with Gasteiger partial charge in [0, 0.05) is 0 Å². The van der Waals surface area contributed by atoms with E-state index in [0.717, 1.165) is 0 Å². The minimum absolute atomic E-state index is 1.22. The second-order valence-corrected chi connectivity index (χ2v) is 6.63. The molecular weight excluding hydrogens is 276 g/mol. The van der Waals surface area contributed by atoms with Crippen LogP contribution >= 0.6 is 0 Å². The molecule has 0 spiro atoms. The van der Waals surface area contributed by atoms with Crippen molar-refractivity contribution in [2.75, 3.05) is 0 Å². The van der Waals surface area contributed by atoms with Gasteiger partial charge in [-0.05, 0) is 55.9 Å². The fourth-order valence-electron chi connectivity index (χ4n) is 3.03. The van der Waals surface area contributed by atoms with Gasteiger partial charge >= 0.3 is 0 Å². The lowest BCUT2D eigenvalue weighted by Gasteiger charge is -2.14. The maximum absolute atomic E-state index is 2.30. The number of rotatable bonds is 7. The molecule has 0 unspecified atom stereocenters. The highest BCUT2D eigenvalue weighted by Crippen LogP contribution is 2.31. The summed E-state index contributed by atoms with van der Waals surface area (Å²) >= 11 is 0. The molecule has 2 rings (SSSR count). The monoisotopic (exact) mass is 306 g/mol. The number of hydrogen-bond donors (Lipinski definition) is 0. The molecule has 0 nitrogen and oxygen atoms in total. The standard InChI is InChI=1S/C23H30/c1-5-6-7-8-11-19(3)20(4)22-12-9-10-13-23(22)21-16-14-18(2)15-17-21/h9-10,12-17H,5-8,11H2,1-4H3/b20-19+. The van der Waals surface area contributed by atoms with Crippen LogP contribution in [0.4, 0.5) is 0 Å². The summed E-state index contributed by atoms with van der Waals surface area (Å²) in [5.74, 6) is 0. The molecule has 23 heavy (non-hydrogen) atoms. The summed E-state index contributed by atoms with van der Waals surface area (Å²) in [6, 6.07) is 17.7. The Bertz CT molecular complexity index is 644. The zero-order chi connectivity index (χ0) is 16.7. The van der Waals surface area contributed by atoms with Crippen LogP contribution in [0, 0.1) is 6.92 Å². The summed E-state index contributed by atoms with van der Waals surface area (Å²) in [6.45, 7) is 8.99. The number of aryl methyl sites for hydroxylation is 1. The molecule has 0 fully saturated rings. The predicted molar refractivity (Wildman–Crippen MR) is 104 cm³/mol. The first kappa shape index (κ1) is 17.5. The highest BCUT2D eigenvalue weighted by atomic mass is 14.1. The lowest BCUT2D eigenvalue weighted by atomic mass is 9.91. The van der Waals surface area contributed by atoms with E-state index in [-0.39, 0.29) is 0 Å². The van der Waals surface area contributed by atoms with Gasteiger partial charge in [-0.25, -0.2) is 0 Å². The third-order valence-corrected chi connectivity index (χ3v) is 4.74. The summed E-state index contributed by atoms with van der Waals surface area (Å²) < 4.78 is 0. The Balaban J connectivity index is 2.26. The summed E-state index contributed by atoms with van der Waals surface area (Å²) in [4.78, 5) is 0. The van der Waals surface area contributed by atoms with Gasteiger partial charge in [0.1, 0.15) is 0 Å². The number of benzene rings is 2. The zero-order valence-corrected chi connectivity index (χ0v) is 15.2. The summed E-state index contributed by atoms with van der Waals surface area (Å²) in [5, 5.41) is 0. The first-order valence-electron chi connectivity index (χ1n) is 8.96. The van der Waals surface area contributed by atoms with E-state index in [9.17, 15) is 0 Å². The normalized spacial score (nSPS) is 12.2. The topological polar surface area (TPSA) is 0 Å². The van der Waals surface area contributed by atoms with Crippen molar-refractivity contribution in [3.05, 3.63) is 65.2 Å². The molecule has 2 aromatic rings. The van der Waals surface area contributed by atoms with Crippen LogP contribution in [-0.4, -0.2) is 0 Å². The largest absolute Gasteiger partial charge is 0.0698 e. The quantitative estimate of drug-likeness (QED) is 0.467. The molecular formula is C23H30. The number of unbranched alkanes of at least 4 members (excludes halogenated alkanes) is 3. The van der Waals surface area contributed by atoms with E-state index in [1.165, 1.54) is 65.5 Å². The minimum Gasteiger partial charge on any atom is -0.0698 e. The van der Waals surface area contributed by atoms with Gasteiger partial charge < -0.3 is 0 Å². The molecule has 122 valence electrons. The van der Waals surface area contributed by atoms with Crippen molar-refractivity contribution in [2.45, 2.75) is 59.8 Å². The maximum atomic E-state index is 2.30. The first-order valence-corrected chi connectivity index (χ1v) is 8.96. The molecule has 0 heteroatoms. The minimum atomic E-state index is 1.22. The van der Waals surface area contributed by atoms with Crippen molar-refractivity contribution in [3.63, 3.8) is 0 Å². The van der Waals surface area contributed by atoms with Crippen LogP contribution in [0.2, 0.25) is 0 Å². The van der Waals surface area contributed by atoms with Crippen LogP contribution in [0.15, 0.2) is 54.1 Å². The molecule has 0 aliphatic rings. The van der Waals surface area contributed by atoms with Crippen molar-refractivity contribution in [2.24, 2.45) is 0 Å². The molecule has 0 radical (unpaired) electrons. The fourth-order valence-corrected chi connectivity index (χ4v) is 3.03. The van der Waals surface area contributed by atoms with E-state index < -0.39 is 0 Å². The zero-order valence-electron chi connectivity index (χ0n) is 15.2. The maximum Gasteiger partial charge on any atom is -0.0109 e. The molecule has 0 saturated heterocycles. The highest BCUT2D eigenvalue weighted by Gasteiger charge is 2.08. The molecule has 0 saturated carbocycles. The van der Waals surface area contributed by atoms with E-state index in [4.69, 9.17) is 0 Å². The lowest BCUT2D eigenvalue weighted by molar-refractivity contribution is 0.665. The summed E-state index contributed by atoms with van der Waals surface area (Å²) in [6.07, 6.45) is 6.53. The SMILES string of the molecule is CCCCCC/C(C)=C(\C)c1ccccc1-c1ccc(C)cc1. The summed E-state index contributed by atoms with van der Waals surface area (Å²) in [5.41, 5.74) is 8.32. The molecule has 0 bridgehead atoms. The number of allylic oxidation sites excluding steroid dienone is 2. The van der Waals surface area contributed by atoms with Gasteiger partial charge in [-0.15, -0.1) is 0 Å². The molecule has 0 aliphatic heterocycles. The highest BCUT2D eigenvalue weighted by molar-refractivity contribution is 5.81. The van der Waals surface area contributed by atoms with Gasteiger partial charge in [0.15, 0.2) is 0 Å². The molecule has 0 N–H and O–H groups in total. The lowest BCUT2D eigenvalue weighted by Crippen LogP contribution is -1.91. The van der Waals surface area contributed by atoms with E-state index >= 15 is 0 Å². The van der Waals surface area contributed by atoms with Gasteiger partial charge in [0.25, 0.3) is 0 Å². The third kappa shape index (κ3) is 4.82. The van der Waals surface area contributed by atoms with Crippen molar-refractivity contribution >= 4 is 5.57 Å². The molecule has 0 heterocycles. The van der Waals surface area contributed by atoms with Crippen LogP contribution in [0.25, 0.3) is 16.7 Å². The van der Waals surface area contributed by atoms with Crippen LogP contribution in [-0.2, 0) is 0 Å². The van der Waals surface area contributed by atoms with E-state index in [1.807, 2.05) is 0 Å². The third-order valence-electron chi connectivity index (χ3n) is 4.74. The van der Waals surface area contributed by atoms with Crippen molar-refractivity contribution in [3.8, 4) is 11.1 Å². The second-order valence-electron chi connectivity index (χ2n) is 6.63. The Hall–Kier alpha value is -1.82. The smallest absolute Gasteiger partial charge is 0.0109 e. The van der Waals surface area contributed by atoms with Crippen LogP contribution in [0.5, 0.6) is 0 Å². The van der Waals surface area contributed by atoms with E-state index in [0.29, 0.717) is 0 Å². The van der Waals surface area contributed by atoms with Crippen molar-refractivity contribution in [1.82, 2.24) is 0 Å². The van der Waals surface area contributed by atoms with Crippen molar-refractivity contribution in [1.29, 1.82) is 0 Å². The Morgan fingerprint density at radius 1 is 0.826 bits per heavy atom. The molecule has 0 aliphatic carbocycles. The van der Waals surface area contributed by atoms with Gasteiger partial charge in [-0.3, -0.25) is 0 Å². The average Bonchev–Trinajstić information content (AvgIpc) is 2.58. The van der Waals surface area contributed by atoms with Crippen LogP contribution in [0.1, 0.15) is 64.0 Å². The van der Waals surface area contributed by atoms with Gasteiger partial charge in [-0.2, -0.15) is 0 Å². The van der Waals surface area contributed by atoms with E-state index in [1.54, 1.807) is 0 Å². The Labute approximate surface area is 142 Å². The Kier molecular flexibility index (Phi) is 6.65. The van der Waals surface area contributed by atoms with Crippen LogP contribution < -0.4 is 0 Å². The predicted octanol–water partition coefficient (Wildman–Crippen LogP) is 7.43. The number of hydrogen-bond acceptors (Lipinski definition) is 0.